The maximum Gasteiger partial charge on any atom is 0.129 e. The third-order valence-electron chi connectivity index (χ3n) is 2.52. The molecule has 1 aromatic carbocycles. The van der Waals surface area contributed by atoms with Gasteiger partial charge in [0, 0.05) is 19.5 Å². The molecule has 1 heterocycles. The average Bonchev–Trinajstić information content (AvgIpc) is 2.19. The molecule has 0 aliphatic heterocycles. The molecule has 0 amide bonds. The zero-order valence-electron chi connectivity index (χ0n) is 9.28. The summed E-state index contributed by atoms with van der Waals surface area (Å²) < 4.78 is 0. The van der Waals surface area contributed by atoms with Crippen LogP contribution in [0.1, 0.15) is 5.56 Å². The quantitative estimate of drug-likeness (QED) is 0.719. The summed E-state index contributed by atoms with van der Waals surface area (Å²) in [6.07, 6.45) is 0. The van der Waals surface area contributed by atoms with Crippen molar-refractivity contribution in [2.75, 3.05) is 24.7 Å². The molecule has 1 aromatic heterocycles. The minimum absolute atomic E-state index is 0.735. The van der Waals surface area contributed by atoms with Crippen molar-refractivity contribution in [2.45, 2.75) is 6.92 Å². The lowest BCUT2D eigenvalue weighted by molar-refractivity contribution is 1.08. The van der Waals surface area contributed by atoms with Crippen LogP contribution in [0.25, 0.3) is 10.9 Å². The number of para-hydroxylation sites is 1. The van der Waals surface area contributed by atoms with Gasteiger partial charge in [0.05, 0.1) is 11.2 Å². The van der Waals surface area contributed by atoms with E-state index in [1.165, 1.54) is 5.56 Å². The fourth-order valence-corrected chi connectivity index (χ4v) is 1.65. The van der Waals surface area contributed by atoms with E-state index in [4.69, 9.17) is 5.73 Å². The molecule has 0 saturated carbocycles. The van der Waals surface area contributed by atoms with E-state index >= 15 is 0 Å². The highest BCUT2D eigenvalue weighted by Gasteiger charge is 2.05. The van der Waals surface area contributed by atoms with Crippen LogP contribution in [0.2, 0.25) is 0 Å². The van der Waals surface area contributed by atoms with Crippen molar-refractivity contribution in [2.24, 2.45) is 0 Å². The van der Waals surface area contributed by atoms with Gasteiger partial charge in [0.1, 0.15) is 5.82 Å². The molecule has 0 aliphatic carbocycles. The Morgan fingerprint density at radius 2 is 2.00 bits per heavy atom. The highest BCUT2D eigenvalue weighted by molar-refractivity contribution is 5.92. The molecule has 0 aliphatic rings. The molecule has 2 aromatic rings. The number of hydrogen-bond donors (Lipinski definition) is 1. The smallest absolute Gasteiger partial charge is 0.129 e. The molecule has 0 spiro atoms. The molecule has 3 nitrogen and oxygen atoms in total. The molecule has 0 atom stereocenters. The molecule has 0 saturated heterocycles. The van der Waals surface area contributed by atoms with Gasteiger partial charge in [-0.15, -0.1) is 0 Å². The highest BCUT2D eigenvalue weighted by Crippen LogP contribution is 2.25. The molecule has 0 fully saturated rings. The van der Waals surface area contributed by atoms with Crippen molar-refractivity contribution in [3.8, 4) is 0 Å². The number of aromatic nitrogens is 1. The number of nitrogens with two attached hydrogens (primary N) is 1. The number of rotatable bonds is 1. The van der Waals surface area contributed by atoms with E-state index in [1.54, 1.807) is 0 Å². The third-order valence-corrected chi connectivity index (χ3v) is 2.52. The van der Waals surface area contributed by atoms with Gasteiger partial charge in [-0.05, 0) is 24.6 Å². The Bertz CT molecular complexity index is 503. The Hall–Kier alpha value is -1.77. The van der Waals surface area contributed by atoms with Gasteiger partial charge in [0.2, 0.25) is 0 Å². The zero-order valence-corrected chi connectivity index (χ0v) is 9.28. The average molecular weight is 201 g/mol. The zero-order chi connectivity index (χ0) is 11.0. The number of benzene rings is 1. The number of hydrogen-bond acceptors (Lipinski definition) is 3. The van der Waals surface area contributed by atoms with Crippen molar-refractivity contribution in [1.29, 1.82) is 0 Å². The summed E-state index contributed by atoms with van der Waals surface area (Å²) in [5.41, 5.74) is 8.74. The molecule has 2 N–H and O–H groups in total. The third kappa shape index (κ3) is 1.61. The molecule has 0 bridgehead atoms. The topological polar surface area (TPSA) is 42.2 Å². The summed E-state index contributed by atoms with van der Waals surface area (Å²) >= 11 is 0. The van der Waals surface area contributed by atoms with Gasteiger partial charge in [0.25, 0.3) is 0 Å². The fourth-order valence-electron chi connectivity index (χ4n) is 1.65. The normalized spacial score (nSPS) is 10.6. The van der Waals surface area contributed by atoms with Crippen LogP contribution in [-0.4, -0.2) is 19.1 Å². The molecule has 78 valence electrons. The van der Waals surface area contributed by atoms with Gasteiger partial charge in [-0.25, -0.2) is 4.98 Å². The van der Waals surface area contributed by atoms with Crippen molar-refractivity contribution < 1.29 is 0 Å². The van der Waals surface area contributed by atoms with Crippen molar-refractivity contribution >= 4 is 22.4 Å². The summed E-state index contributed by atoms with van der Waals surface area (Å²) in [6.45, 7) is 2.08. The van der Waals surface area contributed by atoms with E-state index < -0.39 is 0 Å². The molecular weight excluding hydrogens is 186 g/mol. The highest BCUT2D eigenvalue weighted by atomic mass is 15.1. The second-order valence-electron chi connectivity index (χ2n) is 3.94. The molecule has 0 unspecified atom stereocenters. The van der Waals surface area contributed by atoms with Crippen LogP contribution in [0.4, 0.5) is 11.5 Å². The van der Waals surface area contributed by atoms with Crippen LogP contribution >= 0.6 is 0 Å². The molecule has 15 heavy (non-hydrogen) atoms. The lowest BCUT2D eigenvalue weighted by atomic mass is 10.1. The Morgan fingerprint density at radius 1 is 1.27 bits per heavy atom. The number of fused-ring (bicyclic) bond motifs is 1. The van der Waals surface area contributed by atoms with Crippen molar-refractivity contribution in [3.63, 3.8) is 0 Å². The SMILES string of the molecule is Cc1cc(N(C)C)nc2c(N)cccc12. The van der Waals surface area contributed by atoms with Gasteiger partial charge in [0.15, 0.2) is 0 Å². The lowest BCUT2D eigenvalue weighted by Crippen LogP contribution is -2.11. The number of anilines is 2. The van der Waals surface area contributed by atoms with Crippen LogP contribution < -0.4 is 10.6 Å². The largest absolute Gasteiger partial charge is 0.397 e. The van der Waals surface area contributed by atoms with Crippen LogP contribution in [0.3, 0.4) is 0 Å². The summed E-state index contributed by atoms with van der Waals surface area (Å²) in [4.78, 5) is 6.52. The molecule has 0 radical (unpaired) electrons. The number of nitrogen functional groups attached to an aromatic ring is 1. The van der Waals surface area contributed by atoms with E-state index in [9.17, 15) is 0 Å². The van der Waals surface area contributed by atoms with Gasteiger partial charge in [-0.1, -0.05) is 12.1 Å². The van der Waals surface area contributed by atoms with Crippen LogP contribution in [-0.2, 0) is 0 Å². The van der Waals surface area contributed by atoms with E-state index in [1.807, 2.05) is 37.2 Å². The first-order valence-electron chi connectivity index (χ1n) is 4.93. The van der Waals surface area contributed by atoms with E-state index in [0.29, 0.717) is 0 Å². The summed E-state index contributed by atoms with van der Waals surface area (Å²) in [7, 11) is 3.96. The summed E-state index contributed by atoms with van der Waals surface area (Å²) in [5, 5.41) is 1.13. The van der Waals surface area contributed by atoms with E-state index in [2.05, 4.69) is 18.0 Å². The molecule has 3 heteroatoms. The van der Waals surface area contributed by atoms with E-state index in [0.717, 1.165) is 22.4 Å². The van der Waals surface area contributed by atoms with Crippen molar-refractivity contribution in [3.05, 3.63) is 29.8 Å². The van der Waals surface area contributed by atoms with Crippen LogP contribution in [0.5, 0.6) is 0 Å². The fraction of sp³-hybridized carbons (Fsp3) is 0.250. The van der Waals surface area contributed by atoms with Crippen LogP contribution in [0.15, 0.2) is 24.3 Å². The number of aryl methyl sites for hydroxylation is 1. The van der Waals surface area contributed by atoms with Gasteiger partial charge in [-0.2, -0.15) is 0 Å². The number of pyridine rings is 1. The Labute approximate surface area is 89.5 Å². The predicted molar refractivity (Wildman–Crippen MR) is 65.2 cm³/mol. The molecular formula is C12H15N3. The van der Waals surface area contributed by atoms with Gasteiger partial charge >= 0.3 is 0 Å². The predicted octanol–water partition coefficient (Wildman–Crippen LogP) is 2.19. The second kappa shape index (κ2) is 3.42. The molecule has 2 rings (SSSR count). The summed E-state index contributed by atoms with van der Waals surface area (Å²) in [6, 6.07) is 7.96. The van der Waals surface area contributed by atoms with Gasteiger partial charge < -0.3 is 10.6 Å². The second-order valence-corrected chi connectivity index (χ2v) is 3.94. The summed E-state index contributed by atoms with van der Waals surface area (Å²) in [5.74, 6) is 0.943. The Balaban J connectivity index is 2.80. The maximum absolute atomic E-state index is 5.91. The maximum atomic E-state index is 5.91. The monoisotopic (exact) mass is 201 g/mol. The van der Waals surface area contributed by atoms with Gasteiger partial charge in [-0.3, -0.25) is 0 Å². The Kier molecular flexibility index (Phi) is 2.23. The minimum Gasteiger partial charge on any atom is -0.397 e. The standard InChI is InChI=1S/C12H15N3/c1-8-7-11(15(2)3)14-12-9(8)5-4-6-10(12)13/h4-7H,13H2,1-3H3. The first kappa shape index (κ1) is 9.77. The first-order chi connectivity index (χ1) is 7.09. The number of nitrogens with zero attached hydrogens (tertiary/aromatic N) is 2. The van der Waals surface area contributed by atoms with Crippen molar-refractivity contribution in [1.82, 2.24) is 4.98 Å². The first-order valence-corrected chi connectivity index (χ1v) is 4.93. The van der Waals surface area contributed by atoms with Crippen LogP contribution in [0, 0.1) is 6.92 Å². The van der Waals surface area contributed by atoms with E-state index in [-0.39, 0.29) is 0 Å². The lowest BCUT2D eigenvalue weighted by Gasteiger charge is -2.14. The minimum atomic E-state index is 0.735. The Morgan fingerprint density at radius 3 is 2.67 bits per heavy atom.